The number of hydrogen-bond acceptors (Lipinski definition) is 2. The quantitative estimate of drug-likeness (QED) is 0.851. The molecule has 1 unspecified atom stereocenters. The van der Waals surface area contributed by atoms with Crippen molar-refractivity contribution in [1.82, 2.24) is 10.2 Å². The smallest absolute Gasteiger partial charge is 0.0867 e. The zero-order valence-electron chi connectivity index (χ0n) is 12.3. The van der Waals surface area contributed by atoms with Crippen molar-refractivity contribution in [1.29, 1.82) is 0 Å². The zero-order valence-corrected chi connectivity index (χ0v) is 13.1. The molecule has 2 bridgehead atoms. The summed E-state index contributed by atoms with van der Waals surface area (Å²) < 4.78 is 0. The summed E-state index contributed by atoms with van der Waals surface area (Å²) in [5.74, 6) is 0. The Hall–Kier alpha value is -1.06. The molecule has 1 heterocycles. The van der Waals surface area contributed by atoms with Gasteiger partial charge in [-0.3, -0.25) is 5.10 Å². The maximum atomic E-state index is 11.1. The number of halogens is 1. The van der Waals surface area contributed by atoms with Gasteiger partial charge in [0.2, 0.25) is 0 Å². The van der Waals surface area contributed by atoms with Crippen molar-refractivity contribution in [3.05, 3.63) is 28.9 Å². The molecule has 0 radical (unpaired) electrons. The number of aromatic amines is 1. The molecular weight excluding hydrogens is 284 g/mol. The molecule has 3 fully saturated rings. The SMILES string of the molecule is CC12CCC(C(O)c3cc(Cl)cc4cn[nH]c34)(CC1)CC2. The first kappa shape index (κ1) is 13.6. The standard InChI is InChI=1S/C17H21ClN2O/c1-16-2-5-17(6-3-16,7-4-16)15(21)13-9-12(18)8-11-10-19-20-14(11)13/h8-10,15,21H,2-7H2,1H3,(H,19,20). The molecule has 4 heteroatoms. The van der Waals surface area contributed by atoms with E-state index in [0.717, 1.165) is 35.7 Å². The summed E-state index contributed by atoms with van der Waals surface area (Å²) >= 11 is 6.23. The first-order valence-electron chi connectivity index (χ1n) is 7.82. The third-order valence-corrected chi connectivity index (χ3v) is 6.32. The van der Waals surface area contributed by atoms with Crippen molar-refractivity contribution in [2.75, 3.05) is 0 Å². The largest absolute Gasteiger partial charge is 0.388 e. The Morgan fingerprint density at radius 1 is 1.19 bits per heavy atom. The molecule has 3 saturated carbocycles. The maximum absolute atomic E-state index is 11.1. The summed E-state index contributed by atoms with van der Waals surface area (Å²) in [6.45, 7) is 2.40. The number of hydrogen-bond donors (Lipinski definition) is 2. The predicted molar refractivity (Wildman–Crippen MR) is 84.3 cm³/mol. The Labute approximate surface area is 129 Å². The van der Waals surface area contributed by atoms with Gasteiger partial charge in [-0.05, 0) is 56.1 Å². The van der Waals surface area contributed by atoms with E-state index in [0.29, 0.717) is 10.4 Å². The molecule has 0 aliphatic heterocycles. The number of aromatic nitrogens is 2. The third-order valence-electron chi connectivity index (χ3n) is 6.10. The molecule has 5 rings (SSSR count). The van der Waals surface area contributed by atoms with E-state index < -0.39 is 6.10 Å². The summed E-state index contributed by atoms with van der Waals surface area (Å²) in [4.78, 5) is 0. The number of aliphatic hydroxyl groups is 1. The average molecular weight is 305 g/mol. The van der Waals surface area contributed by atoms with Crippen LogP contribution < -0.4 is 0 Å². The summed E-state index contributed by atoms with van der Waals surface area (Å²) in [5.41, 5.74) is 2.39. The summed E-state index contributed by atoms with van der Waals surface area (Å²) in [6.07, 6.45) is 8.37. The Balaban J connectivity index is 1.77. The van der Waals surface area contributed by atoms with Gasteiger partial charge in [0.15, 0.2) is 0 Å². The van der Waals surface area contributed by atoms with Gasteiger partial charge in [0.1, 0.15) is 0 Å². The van der Waals surface area contributed by atoms with E-state index in [-0.39, 0.29) is 5.41 Å². The molecule has 2 N–H and O–H groups in total. The van der Waals surface area contributed by atoms with Crippen LogP contribution >= 0.6 is 11.6 Å². The fourth-order valence-corrected chi connectivity index (χ4v) is 4.64. The number of benzene rings is 1. The van der Waals surface area contributed by atoms with E-state index in [2.05, 4.69) is 17.1 Å². The van der Waals surface area contributed by atoms with Gasteiger partial charge in [-0.25, -0.2) is 0 Å². The lowest BCUT2D eigenvalue weighted by Gasteiger charge is -2.54. The number of aliphatic hydroxyl groups excluding tert-OH is 1. The molecule has 1 aromatic heterocycles. The second kappa shape index (κ2) is 4.47. The molecule has 1 aromatic carbocycles. The van der Waals surface area contributed by atoms with Crippen LogP contribution in [0.2, 0.25) is 5.02 Å². The molecule has 3 aliphatic carbocycles. The summed E-state index contributed by atoms with van der Waals surface area (Å²) in [6, 6.07) is 3.80. The lowest BCUT2D eigenvalue weighted by Crippen LogP contribution is -2.43. The molecule has 2 aromatic rings. The van der Waals surface area contributed by atoms with Gasteiger partial charge >= 0.3 is 0 Å². The van der Waals surface area contributed by atoms with Crippen LogP contribution in [-0.4, -0.2) is 15.3 Å². The minimum atomic E-state index is -0.455. The monoisotopic (exact) mass is 304 g/mol. The van der Waals surface area contributed by atoms with Crippen molar-refractivity contribution >= 4 is 22.5 Å². The number of nitrogens with one attached hydrogen (secondary N) is 1. The normalized spacial score (nSPS) is 33.5. The Bertz CT molecular complexity index is 669. The Morgan fingerprint density at radius 2 is 1.86 bits per heavy atom. The highest BCUT2D eigenvalue weighted by Gasteiger charge is 2.50. The van der Waals surface area contributed by atoms with Crippen molar-refractivity contribution in [3.8, 4) is 0 Å². The van der Waals surface area contributed by atoms with E-state index >= 15 is 0 Å². The Kier molecular flexibility index (Phi) is 2.89. The topological polar surface area (TPSA) is 48.9 Å². The molecule has 3 aliphatic rings. The molecule has 0 amide bonds. The van der Waals surface area contributed by atoms with Gasteiger partial charge in [-0.2, -0.15) is 5.10 Å². The van der Waals surface area contributed by atoms with Gasteiger partial charge in [0.25, 0.3) is 0 Å². The molecule has 3 nitrogen and oxygen atoms in total. The van der Waals surface area contributed by atoms with Crippen LogP contribution in [-0.2, 0) is 0 Å². The summed E-state index contributed by atoms with van der Waals surface area (Å²) in [5, 5.41) is 19.9. The molecule has 0 spiro atoms. The molecular formula is C17H21ClN2O. The molecule has 1 atom stereocenters. The first-order chi connectivity index (χ1) is 10.0. The fraction of sp³-hybridized carbons (Fsp3) is 0.588. The number of nitrogens with zero attached hydrogens (tertiary/aromatic N) is 1. The van der Waals surface area contributed by atoms with Crippen LogP contribution in [0.15, 0.2) is 18.3 Å². The van der Waals surface area contributed by atoms with Crippen LogP contribution in [0.3, 0.4) is 0 Å². The maximum Gasteiger partial charge on any atom is 0.0867 e. The highest BCUT2D eigenvalue weighted by atomic mass is 35.5. The second-order valence-electron chi connectivity index (χ2n) is 7.40. The van der Waals surface area contributed by atoms with Gasteiger partial charge in [0, 0.05) is 21.4 Å². The van der Waals surface area contributed by atoms with E-state index in [1.807, 2.05) is 12.1 Å². The van der Waals surface area contributed by atoms with E-state index in [1.165, 1.54) is 19.3 Å². The van der Waals surface area contributed by atoms with E-state index in [1.54, 1.807) is 6.20 Å². The van der Waals surface area contributed by atoms with Crippen molar-refractivity contribution in [3.63, 3.8) is 0 Å². The van der Waals surface area contributed by atoms with E-state index in [4.69, 9.17) is 11.6 Å². The van der Waals surface area contributed by atoms with E-state index in [9.17, 15) is 5.11 Å². The minimum Gasteiger partial charge on any atom is -0.388 e. The predicted octanol–water partition coefficient (Wildman–Crippen LogP) is 4.61. The number of H-pyrrole nitrogens is 1. The average Bonchev–Trinajstić information content (AvgIpc) is 2.95. The van der Waals surface area contributed by atoms with Crippen LogP contribution in [0.1, 0.15) is 57.1 Å². The van der Waals surface area contributed by atoms with Crippen LogP contribution in [0.4, 0.5) is 0 Å². The van der Waals surface area contributed by atoms with Crippen LogP contribution in [0, 0.1) is 10.8 Å². The van der Waals surface area contributed by atoms with Crippen molar-refractivity contribution in [2.45, 2.75) is 51.6 Å². The molecule has 21 heavy (non-hydrogen) atoms. The number of rotatable bonds is 2. The third kappa shape index (κ3) is 2.01. The highest BCUT2D eigenvalue weighted by Crippen LogP contribution is 2.61. The fourth-order valence-electron chi connectivity index (χ4n) is 4.40. The van der Waals surface area contributed by atoms with Crippen LogP contribution in [0.25, 0.3) is 10.9 Å². The van der Waals surface area contributed by atoms with Crippen molar-refractivity contribution in [2.24, 2.45) is 10.8 Å². The molecule has 112 valence electrons. The lowest BCUT2D eigenvalue weighted by atomic mass is 9.52. The Morgan fingerprint density at radius 3 is 2.52 bits per heavy atom. The molecule has 0 saturated heterocycles. The minimum absolute atomic E-state index is 0.0283. The first-order valence-corrected chi connectivity index (χ1v) is 8.20. The highest BCUT2D eigenvalue weighted by molar-refractivity contribution is 6.31. The van der Waals surface area contributed by atoms with Gasteiger partial charge in [-0.1, -0.05) is 18.5 Å². The van der Waals surface area contributed by atoms with Gasteiger partial charge < -0.3 is 5.11 Å². The zero-order chi connectivity index (χ0) is 14.7. The summed E-state index contributed by atoms with van der Waals surface area (Å²) in [7, 11) is 0. The van der Waals surface area contributed by atoms with Crippen molar-refractivity contribution < 1.29 is 5.11 Å². The lowest BCUT2D eigenvalue weighted by molar-refractivity contribution is -0.0839. The number of fused-ring (bicyclic) bond motifs is 4. The van der Waals surface area contributed by atoms with Gasteiger partial charge in [-0.15, -0.1) is 0 Å². The van der Waals surface area contributed by atoms with Crippen LogP contribution in [0.5, 0.6) is 0 Å². The second-order valence-corrected chi connectivity index (χ2v) is 7.84. The van der Waals surface area contributed by atoms with Gasteiger partial charge in [0.05, 0.1) is 17.8 Å².